The third kappa shape index (κ3) is 5.10. The molecule has 0 bridgehead atoms. The summed E-state index contributed by atoms with van der Waals surface area (Å²) in [6, 6.07) is 12.8. The summed E-state index contributed by atoms with van der Waals surface area (Å²) in [6.07, 6.45) is 0. The van der Waals surface area contributed by atoms with Crippen LogP contribution >= 0.6 is 11.8 Å². The van der Waals surface area contributed by atoms with E-state index in [-0.39, 0.29) is 22.9 Å². The number of benzene rings is 2. The van der Waals surface area contributed by atoms with Crippen LogP contribution in [0.15, 0.2) is 53.4 Å². The number of nitro benzene ring substituents is 1. The van der Waals surface area contributed by atoms with Crippen LogP contribution in [0.3, 0.4) is 0 Å². The van der Waals surface area contributed by atoms with E-state index in [9.17, 15) is 19.7 Å². The summed E-state index contributed by atoms with van der Waals surface area (Å²) in [7, 11) is 0. The highest BCUT2D eigenvalue weighted by atomic mass is 32.2. The molecule has 24 heavy (non-hydrogen) atoms. The summed E-state index contributed by atoms with van der Waals surface area (Å²) >= 11 is 1.35. The first kappa shape index (κ1) is 17.5. The second kappa shape index (κ2) is 8.11. The van der Waals surface area contributed by atoms with Gasteiger partial charge in [0.05, 0.1) is 10.7 Å². The molecule has 2 rings (SSSR count). The van der Waals surface area contributed by atoms with Gasteiger partial charge in [-0.05, 0) is 31.2 Å². The van der Waals surface area contributed by atoms with Crippen LogP contribution in [0.4, 0.5) is 5.69 Å². The quantitative estimate of drug-likeness (QED) is 0.492. The topological polar surface area (TPSA) is 101 Å². The zero-order valence-corrected chi connectivity index (χ0v) is 13.6. The van der Waals surface area contributed by atoms with Crippen LogP contribution in [-0.2, 0) is 4.79 Å². The Hall–Kier alpha value is -2.87. The minimum Gasteiger partial charge on any atom is -0.272 e. The Bertz CT molecular complexity index is 745. The van der Waals surface area contributed by atoms with Gasteiger partial charge in [-0.1, -0.05) is 17.7 Å². The van der Waals surface area contributed by atoms with Gasteiger partial charge in [-0.3, -0.25) is 30.6 Å². The molecule has 0 aromatic heterocycles. The standard InChI is InChI=1S/C16H15N3O4S/c1-11-2-8-14(9-3-11)24-10-15(20)17-18-16(21)12-4-6-13(7-5-12)19(22)23/h2-9H,10H2,1H3,(H,17,20)(H,18,21). The molecule has 0 aliphatic heterocycles. The van der Waals surface area contributed by atoms with Crippen molar-refractivity contribution in [2.75, 3.05) is 5.75 Å². The van der Waals surface area contributed by atoms with Crippen molar-refractivity contribution < 1.29 is 14.5 Å². The lowest BCUT2D eigenvalue weighted by Crippen LogP contribution is -2.42. The summed E-state index contributed by atoms with van der Waals surface area (Å²) in [6.45, 7) is 1.98. The van der Waals surface area contributed by atoms with Crippen LogP contribution in [0.25, 0.3) is 0 Å². The van der Waals surface area contributed by atoms with Crippen molar-refractivity contribution in [2.45, 2.75) is 11.8 Å². The van der Waals surface area contributed by atoms with Gasteiger partial charge in [0.2, 0.25) is 5.91 Å². The number of aryl methyl sites for hydroxylation is 1. The maximum atomic E-state index is 11.8. The maximum Gasteiger partial charge on any atom is 0.269 e. The highest BCUT2D eigenvalue weighted by molar-refractivity contribution is 8.00. The number of thioether (sulfide) groups is 1. The van der Waals surface area contributed by atoms with E-state index in [1.165, 1.54) is 36.0 Å². The number of carbonyl (C=O) groups excluding carboxylic acids is 2. The van der Waals surface area contributed by atoms with Crippen LogP contribution < -0.4 is 10.9 Å². The molecule has 0 spiro atoms. The van der Waals surface area contributed by atoms with Crippen LogP contribution in [-0.4, -0.2) is 22.5 Å². The van der Waals surface area contributed by atoms with Gasteiger partial charge in [0.25, 0.3) is 11.6 Å². The molecule has 124 valence electrons. The molecule has 2 aromatic carbocycles. The second-order valence-electron chi connectivity index (χ2n) is 4.91. The van der Waals surface area contributed by atoms with E-state index in [1.54, 1.807) is 0 Å². The van der Waals surface area contributed by atoms with Gasteiger partial charge in [0.1, 0.15) is 0 Å². The number of nitrogens with zero attached hydrogens (tertiary/aromatic N) is 1. The number of hydrogen-bond acceptors (Lipinski definition) is 5. The number of hydrogen-bond donors (Lipinski definition) is 2. The molecule has 0 fully saturated rings. The van der Waals surface area contributed by atoms with Gasteiger partial charge >= 0.3 is 0 Å². The first-order chi connectivity index (χ1) is 11.5. The molecule has 7 nitrogen and oxygen atoms in total. The highest BCUT2D eigenvalue weighted by Crippen LogP contribution is 2.17. The van der Waals surface area contributed by atoms with Crippen molar-refractivity contribution in [3.8, 4) is 0 Å². The van der Waals surface area contributed by atoms with Crippen molar-refractivity contribution in [3.05, 3.63) is 69.8 Å². The van der Waals surface area contributed by atoms with E-state index < -0.39 is 10.8 Å². The van der Waals surface area contributed by atoms with Crippen molar-refractivity contribution in [3.63, 3.8) is 0 Å². The van der Waals surface area contributed by atoms with Crippen molar-refractivity contribution in [2.24, 2.45) is 0 Å². The molecule has 2 aromatic rings. The van der Waals surface area contributed by atoms with Crippen molar-refractivity contribution >= 4 is 29.3 Å². The third-order valence-electron chi connectivity index (χ3n) is 3.05. The zero-order valence-electron chi connectivity index (χ0n) is 12.8. The fourth-order valence-corrected chi connectivity index (χ4v) is 2.45. The molecule has 8 heteroatoms. The summed E-state index contributed by atoms with van der Waals surface area (Å²) in [5.41, 5.74) is 5.82. The lowest BCUT2D eigenvalue weighted by molar-refractivity contribution is -0.384. The molecule has 0 aliphatic rings. The van der Waals surface area contributed by atoms with Gasteiger partial charge in [0.15, 0.2) is 0 Å². The third-order valence-corrected chi connectivity index (χ3v) is 4.06. The summed E-state index contributed by atoms with van der Waals surface area (Å²) in [5, 5.41) is 10.6. The van der Waals surface area contributed by atoms with Gasteiger partial charge in [-0.2, -0.15) is 0 Å². The number of nitrogens with one attached hydrogen (secondary N) is 2. The SMILES string of the molecule is Cc1ccc(SCC(=O)NNC(=O)c2ccc([N+](=O)[O-])cc2)cc1. The lowest BCUT2D eigenvalue weighted by Gasteiger charge is -2.07. The van der Waals surface area contributed by atoms with Crippen molar-refractivity contribution in [1.29, 1.82) is 0 Å². The fraction of sp³-hybridized carbons (Fsp3) is 0.125. The first-order valence-corrected chi connectivity index (χ1v) is 7.97. The first-order valence-electron chi connectivity index (χ1n) is 6.99. The number of rotatable bonds is 5. The van der Waals surface area contributed by atoms with Gasteiger partial charge in [0, 0.05) is 22.6 Å². The second-order valence-corrected chi connectivity index (χ2v) is 5.96. The van der Waals surface area contributed by atoms with Gasteiger partial charge < -0.3 is 0 Å². The number of non-ortho nitro benzene ring substituents is 1. The average Bonchev–Trinajstić information content (AvgIpc) is 2.59. The van der Waals surface area contributed by atoms with Gasteiger partial charge in [-0.25, -0.2) is 0 Å². The largest absolute Gasteiger partial charge is 0.272 e. The van der Waals surface area contributed by atoms with E-state index in [4.69, 9.17) is 0 Å². The molecule has 0 aliphatic carbocycles. The molecular weight excluding hydrogens is 330 g/mol. The Morgan fingerprint density at radius 3 is 2.25 bits per heavy atom. The van der Waals surface area contributed by atoms with Crippen LogP contribution in [0.1, 0.15) is 15.9 Å². The fourth-order valence-electron chi connectivity index (χ4n) is 1.75. The molecule has 0 saturated heterocycles. The Balaban J connectivity index is 1.79. The van der Waals surface area contributed by atoms with Crippen LogP contribution in [0.5, 0.6) is 0 Å². The smallest absolute Gasteiger partial charge is 0.269 e. The zero-order chi connectivity index (χ0) is 17.5. The van der Waals surface area contributed by atoms with Crippen molar-refractivity contribution in [1.82, 2.24) is 10.9 Å². The molecule has 0 saturated carbocycles. The summed E-state index contributed by atoms with van der Waals surface area (Å²) in [5.74, 6) is -0.738. The molecule has 0 heterocycles. The van der Waals surface area contributed by atoms with E-state index >= 15 is 0 Å². The molecule has 2 amide bonds. The van der Waals surface area contributed by atoms with Crippen LogP contribution in [0.2, 0.25) is 0 Å². The minimum absolute atomic E-state index is 0.106. The Kier molecular flexibility index (Phi) is 5.91. The van der Waals surface area contributed by atoms with E-state index in [1.807, 2.05) is 31.2 Å². The molecule has 0 atom stereocenters. The number of carbonyl (C=O) groups is 2. The Morgan fingerprint density at radius 1 is 1.04 bits per heavy atom. The Morgan fingerprint density at radius 2 is 1.67 bits per heavy atom. The normalized spacial score (nSPS) is 10.0. The maximum absolute atomic E-state index is 11.8. The Labute approximate surface area is 142 Å². The average molecular weight is 345 g/mol. The lowest BCUT2D eigenvalue weighted by atomic mass is 10.2. The number of amides is 2. The minimum atomic E-state index is -0.550. The highest BCUT2D eigenvalue weighted by Gasteiger charge is 2.10. The molecule has 2 N–H and O–H groups in total. The van der Waals surface area contributed by atoms with E-state index in [0.29, 0.717) is 0 Å². The van der Waals surface area contributed by atoms with E-state index in [2.05, 4.69) is 10.9 Å². The predicted octanol–water partition coefficient (Wildman–Crippen LogP) is 2.46. The number of nitro groups is 1. The molecular formula is C16H15N3O4S. The van der Waals surface area contributed by atoms with E-state index in [0.717, 1.165) is 10.5 Å². The predicted molar refractivity (Wildman–Crippen MR) is 90.6 cm³/mol. The summed E-state index contributed by atoms with van der Waals surface area (Å²) in [4.78, 5) is 34.5. The number of hydrazine groups is 1. The molecule has 0 radical (unpaired) electrons. The van der Waals surface area contributed by atoms with Gasteiger partial charge in [-0.15, -0.1) is 11.8 Å². The summed E-state index contributed by atoms with van der Waals surface area (Å²) < 4.78 is 0. The van der Waals surface area contributed by atoms with Crippen LogP contribution in [0, 0.1) is 17.0 Å². The monoisotopic (exact) mass is 345 g/mol. The molecule has 0 unspecified atom stereocenters.